The summed E-state index contributed by atoms with van der Waals surface area (Å²) in [6, 6.07) is 12.7. The average molecular weight is 243 g/mol. The van der Waals surface area contributed by atoms with E-state index in [4.69, 9.17) is 4.74 Å². The molecule has 0 unspecified atom stereocenters. The second kappa shape index (κ2) is 5.87. The molecule has 96 valence electrons. The Bertz CT molecular complexity index is 519. The summed E-state index contributed by atoms with van der Waals surface area (Å²) >= 11 is 0. The highest BCUT2D eigenvalue weighted by Crippen LogP contribution is 2.29. The molecule has 2 nitrogen and oxygen atoms in total. The van der Waals surface area contributed by atoms with Gasteiger partial charge in [0, 0.05) is 5.39 Å². The van der Waals surface area contributed by atoms with Crippen LogP contribution >= 0.6 is 0 Å². The lowest BCUT2D eigenvalue weighted by Crippen LogP contribution is -2.11. The molecule has 0 atom stereocenters. The molecule has 1 N–H and O–H groups in total. The standard InChI is InChI=1S/C16H21NO/c1-12(2)18-16-9-8-13(10-11-17-3)14-6-4-5-7-15(14)16/h4-9,12,17H,10-11H2,1-3H3. The molecule has 0 aromatic heterocycles. The molecule has 18 heavy (non-hydrogen) atoms. The first-order valence-corrected chi connectivity index (χ1v) is 6.54. The second-order valence-corrected chi connectivity index (χ2v) is 4.79. The summed E-state index contributed by atoms with van der Waals surface area (Å²) in [4.78, 5) is 0. The van der Waals surface area contributed by atoms with Crippen molar-refractivity contribution in [3.63, 3.8) is 0 Å². The van der Waals surface area contributed by atoms with Gasteiger partial charge in [0.2, 0.25) is 0 Å². The smallest absolute Gasteiger partial charge is 0.127 e. The van der Waals surface area contributed by atoms with Crippen LogP contribution in [0.4, 0.5) is 0 Å². The first kappa shape index (κ1) is 12.9. The molecule has 0 bridgehead atoms. The summed E-state index contributed by atoms with van der Waals surface area (Å²) in [7, 11) is 1.98. The molecule has 0 aliphatic heterocycles. The fraction of sp³-hybridized carbons (Fsp3) is 0.375. The summed E-state index contributed by atoms with van der Waals surface area (Å²) in [6.45, 7) is 5.11. The Labute approximate surface area is 109 Å². The van der Waals surface area contributed by atoms with Crippen LogP contribution in [-0.4, -0.2) is 19.7 Å². The molecule has 0 aliphatic carbocycles. The fourth-order valence-corrected chi connectivity index (χ4v) is 2.17. The second-order valence-electron chi connectivity index (χ2n) is 4.79. The van der Waals surface area contributed by atoms with Crippen LogP contribution in [0.2, 0.25) is 0 Å². The molecule has 2 aromatic rings. The minimum Gasteiger partial charge on any atom is -0.490 e. The summed E-state index contributed by atoms with van der Waals surface area (Å²) in [5, 5.41) is 5.70. The summed E-state index contributed by atoms with van der Waals surface area (Å²) in [5.41, 5.74) is 1.37. The third kappa shape index (κ3) is 2.82. The SMILES string of the molecule is CNCCc1ccc(OC(C)C)c2ccccc12. The molecule has 0 aliphatic rings. The van der Waals surface area contributed by atoms with E-state index in [1.54, 1.807) is 0 Å². The Morgan fingerprint density at radius 1 is 1.06 bits per heavy atom. The highest BCUT2D eigenvalue weighted by atomic mass is 16.5. The van der Waals surface area contributed by atoms with Crippen LogP contribution in [-0.2, 0) is 6.42 Å². The predicted molar refractivity (Wildman–Crippen MR) is 77.3 cm³/mol. The van der Waals surface area contributed by atoms with Crippen LogP contribution in [0.3, 0.4) is 0 Å². The fourth-order valence-electron chi connectivity index (χ4n) is 2.17. The molecule has 2 heteroatoms. The van der Waals surface area contributed by atoms with E-state index in [0.717, 1.165) is 18.7 Å². The van der Waals surface area contributed by atoms with Crippen molar-refractivity contribution in [2.24, 2.45) is 0 Å². The third-order valence-electron chi connectivity index (χ3n) is 2.98. The zero-order valence-electron chi connectivity index (χ0n) is 11.4. The Hall–Kier alpha value is -1.54. The van der Waals surface area contributed by atoms with E-state index < -0.39 is 0 Å². The summed E-state index contributed by atoms with van der Waals surface area (Å²) in [5.74, 6) is 0.980. The Morgan fingerprint density at radius 2 is 1.78 bits per heavy atom. The quantitative estimate of drug-likeness (QED) is 0.869. The van der Waals surface area contributed by atoms with Crippen LogP contribution in [0.5, 0.6) is 5.75 Å². The molecule has 2 rings (SSSR count). The molecule has 0 saturated carbocycles. The van der Waals surface area contributed by atoms with Crippen molar-refractivity contribution in [2.45, 2.75) is 26.4 Å². The van der Waals surface area contributed by atoms with E-state index >= 15 is 0 Å². The number of hydrogen-bond donors (Lipinski definition) is 1. The maximum atomic E-state index is 5.87. The van der Waals surface area contributed by atoms with Gasteiger partial charge in [-0.1, -0.05) is 30.3 Å². The Kier molecular flexibility index (Phi) is 4.21. The summed E-state index contributed by atoms with van der Waals surface area (Å²) in [6.07, 6.45) is 1.25. The van der Waals surface area contributed by atoms with Gasteiger partial charge in [-0.05, 0) is 50.9 Å². The van der Waals surface area contributed by atoms with Gasteiger partial charge in [-0.25, -0.2) is 0 Å². The molecule has 0 saturated heterocycles. The van der Waals surface area contributed by atoms with Gasteiger partial charge >= 0.3 is 0 Å². The first-order valence-electron chi connectivity index (χ1n) is 6.54. The monoisotopic (exact) mass is 243 g/mol. The topological polar surface area (TPSA) is 21.3 Å². The predicted octanol–water partition coefficient (Wildman–Crippen LogP) is 3.39. The molecule has 0 fully saturated rings. The minimum absolute atomic E-state index is 0.205. The van der Waals surface area contributed by atoms with Crippen molar-refractivity contribution in [3.05, 3.63) is 42.0 Å². The normalized spacial score (nSPS) is 11.1. The zero-order chi connectivity index (χ0) is 13.0. The van der Waals surface area contributed by atoms with Crippen LogP contribution in [0, 0.1) is 0 Å². The van der Waals surface area contributed by atoms with Gasteiger partial charge in [-0.2, -0.15) is 0 Å². The van der Waals surface area contributed by atoms with Crippen LogP contribution in [0.15, 0.2) is 36.4 Å². The molecule has 0 heterocycles. The number of nitrogens with one attached hydrogen (secondary N) is 1. The zero-order valence-corrected chi connectivity index (χ0v) is 11.4. The molecule has 0 spiro atoms. The van der Waals surface area contributed by atoms with Gasteiger partial charge in [-0.3, -0.25) is 0 Å². The molecule has 0 amide bonds. The number of hydrogen-bond acceptors (Lipinski definition) is 2. The van der Waals surface area contributed by atoms with Gasteiger partial charge < -0.3 is 10.1 Å². The van der Waals surface area contributed by atoms with Gasteiger partial charge in [0.25, 0.3) is 0 Å². The van der Waals surface area contributed by atoms with Gasteiger partial charge in [0.15, 0.2) is 0 Å². The largest absolute Gasteiger partial charge is 0.490 e. The van der Waals surface area contributed by atoms with E-state index in [2.05, 4.69) is 55.6 Å². The molecular formula is C16H21NO. The Morgan fingerprint density at radius 3 is 2.44 bits per heavy atom. The van der Waals surface area contributed by atoms with Crippen molar-refractivity contribution < 1.29 is 4.74 Å². The van der Waals surface area contributed by atoms with Gasteiger partial charge in [0.05, 0.1) is 6.10 Å². The first-order chi connectivity index (χ1) is 8.72. The lowest BCUT2D eigenvalue weighted by Gasteiger charge is -2.14. The van der Waals surface area contributed by atoms with E-state index in [1.807, 2.05) is 7.05 Å². The number of fused-ring (bicyclic) bond motifs is 1. The number of rotatable bonds is 5. The van der Waals surface area contributed by atoms with Crippen molar-refractivity contribution in [2.75, 3.05) is 13.6 Å². The Balaban J connectivity index is 2.44. The van der Waals surface area contributed by atoms with Crippen molar-refractivity contribution >= 4 is 10.8 Å². The maximum Gasteiger partial charge on any atom is 0.127 e. The van der Waals surface area contributed by atoms with Crippen LogP contribution in [0.1, 0.15) is 19.4 Å². The van der Waals surface area contributed by atoms with Crippen molar-refractivity contribution in [1.82, 2.24) is 5.32 Å². The lowest BCUT2D eigenvalue weighted by molar-refractivity contribution is 0.245. The molecular weight excluding hydrogens is 222 g/mol. The average Bonchev–Trinajstić information content (AvgIpc) is 2.37. The maximum absolute atomic E-state index is 5.87. The number of ether oxygens (including phenoxy) is 1. The van der Waals surface area contributed by atoms with Crippen LogP contribution in [0.25, 0.3) is 10.8 Å². The summed E-state index contributed by atoms with van der Waals surface area (Å²) < 4.78 is 5.87. The van der Waals surface area contributed by atoms with Gasteiger partial charge in [0.1, 0.15) is 5.75 Å². The lowest BCUT2D eigenvalue weighted by atomic mass is 10.0. The van der Waals surface area contributed by atoms with E-state index in [0.29, 0.717) is 0 Å². The molecule has 0 radical (unpaired) electrons. The molecule has 2 aromatic carbocycles. The van der Waals surface area contributed by atoms with Crippen molar-refractivity contribution in [1.29, 1.82) is 0 Å². The number of benzene rings is 2. The van der Waals surface area contributed by atoms with Gasteiger partial charge in [-0.15, -0.1) is 0 Å². The number of likely N-dealkylation sites (N-methyl/N-ethyl adjacent to an activating group) is 1. The van der Waals surface area contributed by atoms with Crippen LogP contribution < -0.4 is 10.1 Å². The van der Waals surface area contributed by atoms with E-state index in [9.17, 15) is 0 Å². The highest BCUT2D eigenvalue weighted by Gasteiger charge is 2.07. The van der Waals surface area contributed by atoms with E-state index in [1.165, 1.54) is 16.3 Å². The van der Waals surface area contributed by atoms with Crippen molar-refractivity contribution in [3.8, 4) is 5.75 Å². The third-order valence-corrected chi connectivity index (χ3v) is 2.98. The van der Waals surface area contributed by atoms with E-state index in [-0.39, 0.29) is 6.10 Å². The highest BCUT2D eigenvalue weighted by molar-refractivity contribution is 5.91. The minimum atomic E-state index is 0.205.